The van der Waals surface area contributed by atoms with Crippen LogP contribution in [0.1, 0.15) is 67.7 Å². The molecule has 1 aliphatic carbocycles. The van der Waals surface area contributed by atoms with Crippen molar-refractivity contribution in [2.75, 3.05) is 6.61 Å². The van der Waals surface area contributed by atoms with E-state index in [0.29, 0.717) is 65.1 Å². The van der Waals surface area contributed by atoms with E-state index in [0.717, 1.165) is 34.2 Å². The Balaban J connectivity index is 1.24. The van der Waals surface area contributed by atoms with Crippen LogP contribution in [-0.4, -0.2) is 24.7 Å². The van der Waals surface area contributed by atoms with Gasteiger partial charge in [0.15, 0.2) is 12.1 Å². The molecule has 1 unspecified atom stereocenters. The second-order valence-electron chi connectivity index (χ2n) is 12.2. The van der Waals surface area contributed by atoms with Crippen molar-refractivity contribution in [3.63, 3.8) is 0 Å². The Labute approximate surface area is 285 Å². The molecule has 1 atom stereocenters. The van der Waals surface area contributed by atoms with Crippen molar-refractivity contribution in [2.45, 2.75) is 84.0 Å². The molecular formula is C42H48O6. The Morgan fingerprint density at radius 1 is 0.646 bits per heavy atom. The number of benzene rings is 4. The molecule has 0 aromatic heterocycles. The normalized spacial score (nSPS) is 14.8. The average molecular weight is 649 g/mol. The molecule has 0 spiro atoms. The fourth-order valence-corrected chi connectivity index (χ4v) is 5.95. The minimum absolute atomic E-state index is 0.182. The van der Waals surface area contributed by atoms with Gasteiger partial charge in [0.25, 0.3) is 0 Å². The first-order chi connectivity index (χ1) is 23.6. The van der Waals surface area contributed by atoms with Crippen LogP contribution in [0.2, 0.25) is 0 Å². The number of rotatable bonds is 19. The predicted molar refractivity (Wildman–Crippen MR) is 187 cm³/mol. The summed E-state index contributed by atoms with van der Waals surface area (Å²) in [7, 11) is 0. The van der Waals surface area contributed by atoms with Crippen LogP contribution < -0.4 is 0 Å². The maximum absolute atomic E-state index is 13.3. The van der Waals surface area contributed by atoms with Gasteiger partial charge >= 0.3 is 5.97 Å². The lowest BCUT2D eigenvalue weighted by molar-refractivity contribution is -0.254. The Kier molecular flexibility index (Phi) is 14.0. The van der Waals surface area contributed by atoms with E-state index >= 15 is 0 Å². The first-order valence-electron chi connectivity index (χ1n) is 17.1. The van der Waals surface area contributed by atoms with Gasteiger partial charge in [-0.25, -0.2) is 0 Å². The van der Waals surface area contributed by atoms with Gasteiger partial charge in [0, 0.05) is 12.8 Å². The summed E-state index contributed by atoms with van der Waals surface area (Å²) < 4.78 is 31.2. The lowest BCUT2D eigenvalue weighted by atomic mass is 9.83. The van der Waals surface area contributed by atoms with E-state index < -0.39 is 12.1 Å². The second-order valence-corrected chi connectivity index (χ2v) is 12.2. The van der Waals surface area contributed by atoms with Crippen LogP contribution in [-0.2, 0) is 54.9 Å². The van der Waals surface area contributed by atoms with Crippen LogP contribution in [0.3, 0.4) is 0 Å². The quantitative estimate of drug-likeness (QED) is 0.0574. The van der Waals surface area contributed by atoms with Gasteiger partial charge in [0.2, 0.25) is 0 Å². The average Bonchev–Trinajstić information content (AvgIpc) is 3.15. The van der Waals surface area contributed by atoms with E-state index in [1.165, 1.54) is 0 Å². The number of carbonyl (C=O) groups excluding carboxylic acids is 1. The maximum Gasteiger partial charge on any atom is 0.313 e. The molecule has 4 aromatic rings. The summed E-state index contributed by atoms with van der Waals surface area (Å²) in [5.41, 5.74) is 5.46. The third kappa shape index (κ3) is 11.3. The van der Waals surface area contributed by atoms with Gasteiger partial charge in [-0.2, -0.15) is 0 Å². The summed E-state index contributed by atoms with van der Waals surface area (Å²) in [6.07, 6.45) is 5.69. The minimum atomic E-state index is -0.782. The number of ether oxygens (including phenoxy) is 5. The standard InChI is InChI=1S/C42H48O6/c1-2-44-41(43)39(24-15-25-40(45-30-34-16-7-3-8-17-34)46-31-35-18-9-4-10-19-35)38-26-28-42(29-27-38,47-32-36-20-11-5-12-21-36)48-33-37-22-13-6-14-23-37/h3-14,16-23,26,39-40H,2,15,24-25,27-33H2,1H3. The van der Waals surface area contributed by atoms with Crippen LogP contribution in [0.15, 0.2) is 133 Å². The van der Waals surface area contributed by atoms with Gasteiger partial charge in [-0.05, 0) is 54.9 Å². The highest BCUT2D eigenvalue weighted by Crippen LogP contribution is 2.38. The molecule has 0 fully saturated rings. The van der Waals surface area contributed by atoms with E-state index in [9.17, 15) is 4.79 Å². The topological polar surface area (TPSA) is 63.2 Å². The van der Waals surface area contributed by atoms with Crippen LogP contribution >= 0.6 is 0 Å². The Hall–Kier alpha value is -4.07. The van der Waals surface area contributed by atoms with Crippen molar-refractivity contribution in [3.05, 3.63) is 155 Å². The van der Waals surface area contributed by atoms with E-state index in [1.54, 1.807) is 0 Å². The summed E-state index contributed by atoms with van der Waals surface area (Å²) in [4.78, 5) is 13.3. The van der Waals surface area contributed by atoms with Gasteiger partial charge in [-0.3, -0.25) is 4.79 Å². The van der Waals surface area contributed by atoms with Crippen LogP contribution in [0.4, 0.5) is 0 Å². The third-order valence-electron chi connectivity index (χ3n) is 8.67. The van der Waals surface area contributed by atoms with E-state index in [-0.39, 0.29) is 11.9 Å². The molecule has 0 N–H and O–H groups in total. The van der Waals surface area contributed by atoms with Crippen LogP contribution in [0.5, 0.6) is 0 Å². The molecule has 252 valence electrons. The van der Waals surface area contributed by atoms with Gasteiger partial charge < -0.3 is 23.7 Å². The lowest BCUT2D eigenvalue weighted by Crippen LogP contribution is -2.38. The van der Waals surface area contributed by atoms with Crippen molar-refractivity contribution in [3.8, 4) is 0 Å². The summed E-state index contributed by atoms with van der Waals surface area (Å²) in [5, 5.41) is 0. The largest absolute Gasteiger partial charge is 0.466 e. The van der Waals surface area contributed by atoms with Gasteiger partial charge in [-0.15, -0.1) is 0 Å². The molecule has 0 radical (unpaired) electrons. The minimum Gasteiger partial charge on any atom is -0.466 e. The van der Waals surface area contributed by atoms with Crippen molar-refractivity contribution in [1.29, 1.82) is 0 Å². The van der Waals surface area contributed by atoms with Gasteiger partial charge in [-0.1, -0.05) is 133 Å². The third-order valence-corrected chi connectivity index (χ3v) is 8.67. The smallest absolute Gasteiger partial charge is 0.313 e. The molecule has 5 rings (SSSR count). The van der Waals surface area contributed by atoms with Gasteiger partial charge in [0.1, 0.15) is 0 Å². The Morgan fingerprint density at radius 3 is 1.52 bits per heavy atom. The summed E-state index contributed by atoms with van der Waals surface area (Å²) in [6, 6.07) is 40.5. The zero-order valence-electron chi connectivity index (χ0n) is 28.0. The van der Waals surface area contributed by atoms with Crippen molar-refractivity contribution >= 4 is 5.97 Å². The fraction of sp³-hybridized carbons (Fsp3) is 0.357. The van der Waals surface area contributed by atoms with E-state index in [2.05, 4.69) is 30.3 Å². The molecule has 0 amide bonds. The highest BCUT2D eigenvalue weighted by Gasteiger charge is 2.37. The lowest BCUT2D eigenvalue weighted by Gasteiger charge is -2.37. The molecule has 0 bridgehead atoms. The SMILES string of the molecule is CCOC(=O)C(CCCC(OCc1ccccc1)OCc1ccccc1)C1=CCC(OCc2ccccc2)(OCc2ccccc2)CC1. The van der Waals surface area contributed by atoms with E-state index in [4.69, 9.17) is 23.7 Å². The number of hydrogen-bond acceptors (Lipinski definition) is 6. The first kappa shape index (κ1) is 35.2. The van der Waals surface area contributed by atoms with Crippen LogP contribution in [0, 0.1) is 5.92 Å². The van der Waals surface area contributed by atoms with Crippen LogP contribution in [0.25, 0.3) is 0 Å². The number of esters is 1. The van der Waals surface area contributed by atoms with Crippen molar-refractivity contribution in [1.82, 2.24) is 0 Å². The molecule has 48 heavy (non-hydrogen) atoms. The Bertz CT molecular complexity index is 1420. The molecule has 6 heteroatoms. The Morgan fingerprint density at radius 2 is 1.10 bits per heavy atom. The monoisotopic (exact) mass is 648 g/mol. The molecule has 0 aliphatic heterocycles. The predicted octanol–water partition coefficient (Wildman–Crippen LogP) is 9.34. The summed E-state index contributed by atoms with van der Waals surface area (Å²) in [6.45, 7) is 4.02. The molecular weight excluding hydrogens is 600 g/mol. The first-order valence-corrected chi connectivity index (χ1v) is 17.1. The molecule has 6 nitrogen and oxygen atoms in total. The molecule has 0 heterocycles. The van der Waals surface area contributed by atoms with E-state index in [1.807, 2.05) is 104 Å². The molecule has 0 saturated heterocycles. The summed E-state index contributed by atoms with van der Waals surface area (Å²) >= 11 is 0. The van der Waals surface area contributed by atoms with Crippen molar-refractivity contribution in [2.24, 2.45) is 5.92 Å². The molecule has 0 saturated carbocycles. The highest BCUT2D eigenvalue weighted by atomic mass is 16.7. The summed E-state index contributed by atoms with van der Waals surface area (Å²) in [5.74, 6) is -1.30. The zero-order chi connectivity index (χ0) is 33.3. The second kappa shape index (κ2) is 19.1. The molecule has 1 aliphatic rings. The fourth-order valence-electron chi connectivity index (χ4n) is 5.95. The van der Waals surface area contributed by atoms with Gasteiger partial charge in [0.05, 0.1) is 39.0 Å². The van der Waals surface area contributed by atoms with Crippen molar-refractivity contribution < 1.29 is 28.5 Å². The number of hydrogen-bond donors (Lipinski definition) is 0. The number of carbonyl (C=O) groups is 1. The highest BCUT2D eigenvalue weighted by molar-refractivity contribution is 5.75. The molecule has 4 aromatic carbocycles. The zero-order valence-corrected chi connectivity index (χ0v) is 28.0. The maximum atomic E-state index is 13.3.